The Hall–Kier alpha value is -2.58. The van der Waals surface area contributed by atoms with Gasteiger partial charge in [-0.2, -0.15) is 0 Å². The minimum Gasteiger partial charge on any atom is -0.497 e. The van der Waals surface area contributed by atoms with Gasteiger partial charge in [-0.05, 0) is 43.0 Å². The number of para-hydroxylation sites is 1. The molecule has 0 radical (unpaired) electrons. The average Bonchev–Trinajstić information content (AvgIpc) is 2.73. The molecule has 2 aromatic rings. The quantitative estimate of drug-likeness (QED) is 0.800. The Bertz CT molecular complexity index is 894. The minimum absolute atomic E-state index is 0.168. The Morgan fingerprint density at radius 1 is 1.07 bits per heavy atom. The molecule has 0 unspecified atom stereocenters. The monoisotopic (exact) mass is 404 g/mol. The van der Waals surface area contributed by atoms with Crippen molar-refractivity contribution < 1.29 is 22.7 Å². The van der Waals surface area contributed by atoms with E-state index in [0.717, 1.165) is 0 Å². The number of piperidine rings is 1. The Kier molecular flexibility index (Phi) is 6.53. The molecule has 1 saturated heterocycles. The second-order valence-electron chi connectivity index (χ2n) is 6.64. The van der Waals surface area contributed by atoms with E-state index in [1.165, 1.54) is 19.2 Å². The van der Waals surface area contributed by atoms with E-state index in [4.69, 9.17) is 9.47 Å². The van der Waals surface area contributed by atoms with Gasteiger partial charge in [-0.15, -0.1) is 0 Å². The lowest BCUT2D eigenvalue weighted by atomic mass is 9.97. The van der Waals surface area contributed by atoms with Gasteiger partial charge in [0.05, 0.1) is 12.0 Å². The van der Waals surface area contributed by atoms with Gasteiger partial charge in [-0.1, -0.05) is 24.3 Å². The highest BCUT2D eigenvalue weighted by Crippen LogP contribution is 2.21. The zero-order valence-corrected chi connectivity index (χ0v) is 16.5. The smallest absolute Gasteiger partial charge is 0.415 e. The molecule has 1 N–H and O–H groups in total. The summed E-state index contributed by atoms with van der Waals surface area (Å²) in [6, 6.07) is 15.3. The van der Waals surface area contributed by atoms with Crippen molar-refractivity contribution in [2.24, 2.45) is 5.92 Å². The van der Waals surface area contributed by atoms with E-state index in [9.17, 15) is 13.2 Å². The van der Waals surface area contributed by atoms with E-state index in [-0.39, 0.29) is 16.9 Å². The molecule has 0 aromatic heterocycles. The molecule has 1 aliphatic rings. The van der Waals surface area contributed by atoms with Crippen LogP contribution in [0.5, 0.6) is 11.5 Å². The van der Waals surface area contributed by atoms with Gasteiger partial charge < -0.3 is 14.4 Å². The number of sulfonamides is 1. The summed E-state index contributed by atoms with van der Waals surface area (Å²) >= 11 is 0. The van der Waals surface area contributed by atoms with Crippen LogP contribution in [0, 0.1) is 5.92 Å². The van der Waals surface area contributed by atoms with Crippen molar-refractivity contribution in [3.05, 3.63) is 54.6 Å². The van der Waals surface area contributed by atoms with Crippen molar-refractivity contribution in [3.63, 3.8) is 0 Å². The van der Waals surface area contributed by atoms with Gasteiger partial charge in [-0.25, -0.2) is 17.9 Å². The summed E-state index contributed by atoms with van der Waals surface area (Å²) < 4.78 is 38.0. The lowest BCUT2D eigenvalue weighted by molar-refractivity contribution is 0.131. The van der Waals surface area contributed by atoms with Crippen molar-refractivity contribution in [2.75, 3.05) is 26.7 Å². The number of nitrogens with one attached hydrogen (secondary N) is 1. The lowest BCUT2D eigenvalue weighted by Crippen LogP contribution is -2.42. The van der Waals surface area contributed by atoms with Crippen molar-refractivity contribution in [3.8, 4) is 11.5 Å². The van der Waals surface area contributed by atoms with Crippen molar-refractivity contribution >= 4 is 16.1 Å². The number of nitrogens with zero attached hydrogens (tertiary/aromatic N) is 1. The zero-order valence-electron chi connectivity index (χ0n) is 15.7. The van der Waals surface area contributed by atoms with Crippen LogP contribution in [-0.2, 0) is 10.0 Å². The van der Waals surface area contributed by atoms with Gasteiger partial charge in [0.25, 0.3) is 0 Å². The average molecular weight is 404 g/mol. The van der Waals surface area contributed by atoms with Crippen LogP contribution < -0.4 is 14.2 Å². The topological polar surface area (TPSA) is 84.9 Å². The molecule has 1 heterocycles. The molecule has 1 fully saturated rings. The third-order valence-electron chi connectivity index (χ3n) is 4.73. The van der Waals surface area contributed by atoms with Gasteiger partial charge in [0.15, 0.2) is 0 Å². The summed E-state index contributed by atoms with van der Waals surface area (Å²) in [6.07, 6.45) is 1.05. The van der Waals surface area contributed by atoms with E-state index in [1.807, 2.05) is 18.2 Å². The lowest BCUT2D eigenvalue weighted by Gasteiger charge is -2.31. The zero-order chi connectivity index (χ0) is 20.0. The predicted molar refractivity (Wildman–Crippen MR) is 105 cm³/mol. The first-order valence-electron chi connectivity index (χ1n) is 9.13. The number of ether oxygens (including phenoxy) is 2. The Morgan fingerprint density at radius 2 is 1.75 bits per heavy atom. The number of methoxy groups -OCH3 is 1. The SMILES string of the molecule is COc1cccc(S(=O)(=O)NCC2CCN(C(=O)Oc3ccccc3)CC2)c1. The predicted octanol–water partition coefficient (Wildman–Crippen LogP) is 2.88. The second-order valence-corrected chi connectivity index (χ2v) is 8.41. The van der Waals surface area contributed by atoms with Crippen LogP contribution >= 0.6 is 0 Å². The van der Waals surface area contributed by atoms with Crippen LogP contribution in [0.4, 0.5) is 4.79 Å². The van der Waals surface area contributed by atoms with Gasteiger partial charge >= 0.3 is 6.09 Å². The number of likely N-dealkylation sites (tertiary alicyclic amines) is 1. The number of hydrogen-bond acceptors (Lipinski definition) is 5. The van der Waals surface area contributed by atoms with E-state index in [2.05, 4.69) is 4.72 Å². The largest absolute Gasteiger partial charge is 0.497 e. The van der Waals surface area contributed by atoms with E-state index in [1.54, 1.807) is 29.2 Å². The maximum atomic E-state index is 12.5. The summed E-state index contributed by atoms with van der Waals surface area (Å²) in [5.41, 5.74) is 0. The van der Waals surface area contributed by atoms with Crippen LogP contribution in [0.3, 0.4) is 0 Å². The standard InChI is InChI=1S/C20H24N2O5S/c1-26-18-8-5-9-19(14-18)28(24,25)21-15-16-10-12-22(13-11-16)20(23)27-17-6-3-2-4-7-17/h2-9,14,16,21H,10-13,15H2,1H3. The molecular formula is C20H24N2O5S. The molecule has 28 heavy (non-hydrogen) atoms. The molecule has 3 rings (SSSR count). The molecule has 0 saturated carbocycles. The van der Waals surface area contributed by atoms with E-state index < -0.39 is 10.0 Å². The fourth-order valence-electron chi connectivity index (χ4n) is 3.05. The molecule has 0 bridgehead atoms. The van der Waals surface area contributed by atoms with Crippen molar-refractivity contribution in [2.45, 2.75) is 17.7 Å². The molecule has 7 nitrogen and oxygen atoms in total. The second kappa shape index (κ2) is 9.07. The minimum atomic E-state index is -3.60. The number of carbonyl (C=O) groups excluding carboxylic acids is 1. The molecule has 2 aromatic carbocycles. The Labute approximate surface area is 165 Å². The Morgan fingerprint density at radius 3 is 2.43 bits per heavy atom. The molecule has 8 heteroatoms. The van der Waals surface area contributed by atoms with Crippen LogP contribution in [-0.4, -0.2) is 46.2 Å². The fourth-order valence-corrected chi connectivity index (χ4v) is 4.20. The maximum Gasteiger partial charge on any atom is 0.415 e. The first-order chi connectivity index (χ1) is 13.5. The normalized spacial score (nSPS) is 15.2. The molecule has 0 spiro atoms. The highest BCUT2D eigenvalue weighted by Gasteiger charge is 2.25. The number of amides is 1. The number of hydrogen-bond donors (Lipinski definition) is 1. The fraction of sp³-hybridized carbons (Fsp3) is 0.350. The summed E-state index contributed by atoms with van der Waals surface area (Å²) in [5, 5.41) is 0. The van der Waals surface area contributed by atoms with Crippen molar-refractivity contribution in [1.29, 1.82) is 0 Å². The van der Waals surface area contributed by atoms with Gasteiger partial charge in [-0.3, -0.25) is 0 Å². The van der Waals surface area contributed by atoms with E-state index >= 15 is 0 Å². The van der Waals surface area contributed by atoms with Crippen LogP contribution in [0.2, 0.25) is 0 Å². The third-order valence-corrected chi connectivity index (χ3v) is 6.16. The molecular weight excluding hydrogens is 380 g/mol. The highest BCUT2D eigenvalue weighted by molar-refractivity contribution is 7.89. The van der Waals surface area contributed by atoms with Gasteiger partial charge in [0.1, 0.15) is 11.5 Å². The summed E-state index contributed by atoms with van der Waals surface area (Å²) in [7, 11) is -2.10. The Balaban J connectivity index is 1.48. The maximum absolute atomic E-state index is 12.5. The van der Waals surface area contributed by atoms with Gasteiger partial charge in [0, 0.05) is 25.7 Å². The first kappa shape index (κ1) is 20.2. The third kappa shape index (κ3) is 5.24. The van der Waals surface area contributed by atoms with Crippen LogP contribution in [0.25, 0.3) is 0 Å². The molecule has 1 amide bonds. The molecule has 1 aliphatic heterocycles. The number of rotatable bonds is 6. The van der Waals surface area contributed by atoms with Gasteiger partial charge in [0.2, 0.25) is 10.0 Å². The number of benzene rings is 2. The van der Waals surface area contributed by atoms with E-state index in [0.29, 0.717) is 44.0 Å². The van der Waals surface area contributed by atoms with Crippen LogP contribution in [0.15, 0.2) is 59.5 Å². The summed E-state index contributed by atoms with van der Waals surface area (Å²) in [6.45, 7) is 1.41. The molecule has 0 atom stereocenters. The van der Waals surface area contributed by atoms with Crippen molar-refractivity contribution in [1.82, 2.24) is 9.62 Å². The summed E-state index contributed by atoms with van der Waals surface area (Å²) in [4.78, 5) is 14.0. The molecule has 150 valence electrons. The number of carbonyl (C=O) groups is 1. The molecule has 0 aliphatic carbocycles. The van der Waals surface area contributed by atoms with Crippen LogP contribution in [0.1, 0.15) is 12.8 Å². The summed E-state index contributed by atoms with van der Waals surface area (Å²) in [5.74, 6) is 1.18. The first-order valence-corrected chi connectivity index (χ1v) is 10.6. The highest BCUT2D eigenvalue weighted by atomic mass is 32.2.